The van der Waals surface area contributed by atoms with Gasteiger partial charge < -0.3 is 9.42 Å². The van der Waals surface area contributed by atoms with Gasteiger partial charge in [0.25, 0.3) is 5.91 Å². The summed E-state index contributed by atoms with van der Waals surface area (Å²) in [6, 6.07) is 1.63. The maximum absolute atomic E-state index is 12.8. The molecule has 1 aliphatic heterocycles. The second-order valence-corrected chi connectivity index (χ2v) is 10.2. The quantitative estimate of drug-likeness (QED) is 0.802. The molecule has 1 saturated carbocycles. The number of nitrogens with one attached hydrogen (secondary N) is 1. The van der Waals surface area contributed by atoms with Crippen LogP contribution in [0.2, 0.25) is 0 Å². The highest BCUT2D eigenvalue weighted by Gasteiger charge is 2.58. The zero-order valence-corrected chi connectivity index (χ0v) is 16.8. The van der Waals surface area contributed by atoms with Crippen molar-refractivity contribution in [2.75, 3.05) is 18.8 Å². The van der Waals surface area contributed by atoms with E-state index in [1.807, 2.05) is 21.7 Å². The third kappa shape index (κ3) is 3.30. The Morgan fingerprint density at radius 2 is 2.33 bits per heavy atom. The normalized spacial score (nSPS) is 27.9. The molecule has 10 heteroatoms. The monoisotopic (exact) mass is 410 g/mol. The molecule has 0 radical (unpaired) electrons. The van der Waals surface area contributed by atoms with Gasteiger partial charge in [0.15, 0.2) is 5.82 Å². The lowest BCUT2D eigenvalue weighted by atomic mass is 9.80. The Labute approximate surface area is 162 Å². The van der Waals surface area contributed by atoms with Crippen LogP contribution in [0.5, 0.6) is 0 Å². The van der Waals surface area contributed by atoms with Gasteiger partial charge in [0.1, 0.15) is 0 Å². The standard InChI is InChI=1S/C17H22N4O4S2/c1-3-27(23,24)20-14-6-13-8-21(15(22)12-4-5-26-9-12)10-17(13,7-14)16-18-11(2)19-25-16/h4-5,9,13-14,20H,3,6-8,10H2,1-2H3/t13?,14-,17+/m1/s1. The highest BCUT2D eigenvalue weighted by molar-refractivity contribution is 7.89. The Kier molecular flexibility index (Phi) is 4.59. The molecule has 1 saturated heterocycles. The number of aromatic nitrogens is 2. The Morgan fingerprint density at radius 1 is 1.52 bits per heavy atom. The summed E-state index contributed by atoms with van der Waals surface area (Å²) in [6.45, 7) is 4.39. The van der Waals surface area contributed by atoms with Crippen molar-refractivity contribution >= 4 is 27.3 Å². The SMILES string of the molecule is CCS(=O)(=O)N[C@@H]1CC2CN(C(=O)c3ccsc3)C[C@@]2(c2nc(C)no2)C1. The molecule has 2 aromatic heterocycles. The Balaban J connectivity index is 1.62. The number of carbonyl (C=O) groups excluding carboxylic acids is 1. The molecule has 3 heterocycles. The molecule has 8 nitrogen and oxygen atoms in total. The molecule has 3 atom stereocenters. The van der Waals surface area contributed by atoms with Crippen LogP contribution in [-0.4, -0.2) is 54.2 Å². The molecule has 0 spiro atoms. The molecular weight excluding hydrogens is 388 g/mol. The number of thiophene rings is 1. The molecule has 0 aromatic carbocycles. The fourth-order valence-electron chi connectivity index (χ4n) is 4.35. The van der Waals surface area contributed by atoms with E-state index in [-0.39, 0.29) is 23.6 Å². The van der Waals surface area contributed by atoms with Crippen LogP contribution in [0.1, 0.15) is 41.8 Å². The first-order valence-electron chi connectivity index (χ1n) is 8.95. The zero-order valence-electron chi connectivity index (χ0n) is 15.2. The molecule has 4 rings (SSSR count). The third-order valence-corrected chi connectivity index (χ3v) is 7.75. The van der Waals surface area contributed by atoms with Crippen LogP contribution >= 0.6 is 11.3 Å². The summed E-state index contributed by atoms with van der Waals surface area (Å²) in [5.41, 5.74) is 0.175. The van der Waals surface area contributed by atoms with Crippen LogP contribution in [0.15, 0.2) is 21.3 Å². The number of hydrogen-bond acceptors (Lipinski definition) is 7. The minimum Gasteiger partial charge on any atom is -0.339 e. The van der Waals surface area contributed by atoms with E-state index >= 15 is 0 Å². The van der Waals surface area contributed by atoms with Crippen molar-refractivity contribution in [3.63, 3.8) is 0 Å². The van der Waals surface area contributed by atoms with Gasteiger partial charge in [-0.15, -0.1) is 0 Å². The van der Waals surface area contributed by atoms with E-state index in [0.29, 0.717) is 43.2 Å². The number of fused-ring (bicyclic) bond motifs is 1. The van der Waals surface area contributed by atoms with Crippen LogP contribution in [0, 0.1) is 12.8 Å². The molecule has 0 bridgehead atoms. The molecule has 2 fully saturated rings. The van der Waals surface area contributed by atoms with Gasteiger partial charge in [0.2, 0.25) is 15.9 Å². The summed E-state index contributed by atoms with van der Waals surface area (Å²) in [6.07, 6.45) is 1.19. The predicted molar refractivity (Wildman–Crippen MR) is 100 cm³/mol. The van der Waals surface area contributed by atoms with Crippen molar-refractivity contribution in [2.24, 2.45) is 5.92 Å². The summed E-state index contributed by atoms with van der Waals surface area (Å²) in [4.78, 5) is 19.1. The van der Waals surface area contributed by atoms with E-state index in [1.54, 1.807) is 13.8 Å². The number of carbonyl (C=O) groups is 1. The maximum atomic E-state index is 12.8. The van der Waals surface area contributed by atoms with Crippen LogP contribution in [0.3, 0.4) is 0 Å². The van der Waals surface area contributed by atoms with E-state index in [1.165, 1.54) is 11.3 Å². The summed E-state index contributed by atoms with van der Waals surface area (Å²) >= 11 is 1.49. The molecule has 1 N–H and O–H groups in total. The lowest BCUT2D eigenvalue weighted by Crippen LogP contribution is -2.39. The van der Waals surface area contributed by atoms with Crippen LogP contribution in [0.25, 0.3) is 0 Å². The fraction of sp³-hybridized carbons (Fsp3) is 0.588. The summed E-state index contributed by atoms with van der Waals surface area (Å²) < 4.78 is 32.3. The molecule has 1 amide bonds. The highest BCUT2D eigenvalue weighted by Crippen LogP contribution is 2.50. The third-order valence-electron chi connectivity index (χ3n) is 5.61. The molecule has 1 aliphatic carbocycles. The van der Waals surface area contributed by atoms with Crippen LogP contribution in [0.4, 0.5) is 0 Å². The fourth-order valence-corrected chi connectivity index (χ4v) is 5.84. The second kappa shape index (κ2) is 6.68. The van der Waals surface area contributed by atoms with Crippen molar-refractivity contribution in [3.8, 4) is 0 Å². The first-order chi connectivity index (χ1) is 12.8. The number of sulfonamides is 1. The van der Waals surface area contributed by atoms with Gasteiger partial charge in [-0.25, -0.2) is 13.1 Å². The number of aryl methyl sites for hydroxylation is 1. The van der Waals surface area contributed by atoms with Gasteiger partial charge in [-0.1, -0.05) is 5.16 Å². The Hall–Kier alpha value is -1.78. The van der Waals surface area contributed by atoms with Gasteiger partial charge in [0.05, 0.1) is 16.7 Å². The van der Waals surface area contributed by atoms with Gasteiger partial charge in [-0.05, 0) is 44.1 Å². The zero-order chi connectivity index (χ0) is 19.2. The first kappa shape index (κ1) is 18.6. The number of amides is 1. The first-order valence-corrected chi connectivity index (χ1v) is 11.5. The average molecular weight is 411 g/mol. The molecular formula is C17H22N4O4S2. The van der Waals surface area contributed by atoms with Gasteiger partial charge in [-0.3, -0.25) is 4.79 Å². The molecule has 1 unspecified atom stereocenters. The van der Waals surface area contributed by atoms with Crippen molar-refractivity contribution in [2.45, 2.75) is 38.1 Å². The number of likely N-dealkylation sites (tertiary alicyclic amines) is 1. The maximum Gasteiger partial charge on any atom is 0.254 e. The number of hydrogen-bond donors (Lipinski definition) is 1. The molecule has 2 aromatic rings. The number of nitrogens with zero attached hydrogens (tertiary/aromatic N) is 3. The van der Waals surface area contributed by atoms with Gasteiger partial charge in [0, 0.05) is 24.5 Å². The average Bonchev–Trinajstić information content (AvgIpc) is 3.36. The number of rotatable bonds is 5. The topological polar surface area (TPSA) is 105 Å². The van der Waals surface area contributed by atoms with E-state index in [9.17, 15) is 13.2 Å². The lowest BCUT2D eigenvalue weighted by molar-refractivity contribution is 0.0774. The highest BCUT2D eigenvalue weighted by atomic mass is 32.2. The molecule has 146 valence electrons. The minimum atomic E-state index is -3.30. The summed E-state index contributed by atoms with van der Waals surface area (Å²) in [7, 11) is -3.30. The van der Waals surface area contributed by atoms with E-state index in [2.05, 4.69) is 14.9 Å². The van der Waals surface area contributed by atoms with E-state index in [0.717, 1.165) is 0 Å². The summed E-state index contributed by atoms with van der Waals surface area (Å²) in [5.74, 6) is 1.16. The minimum absolute atomic E-state index is 0.00745. The second-order valence-electron chi connectivity index (χ2n) is 7.36. The van der Waals surface area contributed by atoms with E-state index in [4.69, 9.17) is 4.52 Å². The summed E-state index contributed by atoms with van der Waals surface area (Å²) in [5, 5.41) is 7.66. The molecule has 27 heavy (non-hydrogen) atoms. The van der Waals surface area contributed by atoms with Gasteiger partial charge >= 0.3 is 0 Å². The smallest absolute Gasteiger partial charge is 0.254 e. The Morgan fingerprint density at radius 3 is 2.96 bits per heavy atom. The van der Waals surface area contributed by atoms with E-state index < -0.39 is 15.4 Å². The van der Waals surface area contributed by atoms with Crippen LogP contribution in [-0.2, 0) is 15.4 Å². The van der Waals surface area contributed by atoms with Crippen LogP contribution < -0.4 is 4.72 Å². The van der Waals surface area contributed by atoms with Crippen molar-refractivity contribution in [3.05, 3.63) is 34.1 Å². The van der Waals surface area contributed by atoms with Crippen molar-refractivity contribution < 1.29 is 17.7 Å². The molecule has 2 aliphatic rings. The largest absolute Gasteiger partial charge is 0.339 e. The lowest BCUT2D eigenvalue weighted by Gasteiger charge is -2.25. The van der Waals surface area contributed by atoms with Crippen molar-refractivity contribution in [1.82, 2.24) is 19.8 Å². The van der Waals surface area contributed by atoms with Crippen molar-refractivity contribution in [1.29, 1.82) is 0 Å². The predicted octanol–water partition coefficient (Wildman–Crippen LogP) is 1.55. The van der Waals surface area contributed by atoms with Gasteiger partial charge in [-0.2, -0.15) is 16.3 Å². The Bertz CT molecular complexity index is 940.